The molecule has 0 aromatic heterocycles. The summed E-state index contributed by atoms with van der Waals surface area (Å²) in [6.45, 7) is 4.23. The van der Waals surface area contributed by atoms with Crippen molar-refractivity contribution in [1.82, 2.24) is 5.32 Å². The van der Waals surface area contributed by atoms with Crippen LogP contribution in [0.1, 0.15) is 38.2 Å². The molecule has 0 radical (unpaired) electrons. The van der Waals surface area contributed by atoms with E-state index in [1.54, 1.807) is 6.20 Å². The van der Waals surface area contributed by atoms with Crippen LogP contribution in [-0.4, -0.2) is 6.03 Å². The monoisotopic (exact) mass is 244 g/mol. The minimum atomic E-state index is -0.181. The summed E-state index contributed by atoms with van der Waals surface area (Å²) < 4.78 is 0. The lowest BCUT2D eigenvalue weighted by Gasteiger charge is -2.13. The topological polar surface area (TPSA) is 41.1 Å². The van der Waals surface area contributed by atoms with Crippen molar-refractivity contribution < 1.29 is 4.79 Å². The molecule has 1 aliphatic rings. The van der Waals surface area contributed by atoms with Gasteiger partial charge in [-0.1, -0.05) is 38.1 Å². The Morgan fingerprint density at radius 1 is 1.33 bits per heavy atom. The lowest BCUT2D eigenvalue weighted by Crippen LogP contribution is -2.24. The third kappa shape index (κ3) is 3.62. The van der Waals surface area contributed by atoms with E-state index in [4.69, 9.17) is 0 Å². The van der Waals surface area contributed by atoms with Gasteiger partial charge >= 0.3 is 6.03 Å². The molecule has 2 N–H and O–H groups in total. The van der Waals surface area contributed by atoms with Gasteiger partial charge in [-0.3, -0.25) is 0 Å². The van der Waals surface area contributed by atoms with Crippen LogP contribution >= 0.6 is 0 Å². The van der Waals surface area contributed by atoms with E-state index in [2.05, 4.69) is 24.5 Å². The smallest absolute Gasteiger partial charge is 0.315 e. The van der Waals surface area contributed by atoms with Gasteiger partial charge in [-0.2, -0.15) is 0 Å². The van der Waals surface area contributed by atoms with Gasteiger partial charge in [0.2, 0.25) is 0 Å². The Bertz CT molecular complexity index is 448. The van der Waals surface area contributed by atoms with Crippen LogP contribution in [-0.2, 0) is 0 Å². The molecule has 0 spiro atoms. The highest BCUT2D eigenvalue weighted by atomic mass is 16.2. The van der Waals surface area contributed by atoms with Crippen LogP contribution in [0.5, 0.6) is 0 Å². The molecule has 0 unspecified atom stereocenters. The van der Waals surface area contributed by atoms with Gasteiger partial charge in [0.15, 0.2) is 0 Å². The van der Waals surface area contributed by atoms with Crippen LogP contribution in [0.25, 0.3) is 0 Å². The minimum absolute atomic E-state index is 0.181. The van der Waals surface area contributed by atoms with Crippen molar-refractivity contribution in [2.75, 3.05) is 5.32 Å². The third-order valence-electron chi connectivity index (χ3n) is 3.04. The second kappa shape index (κ2) is 5.71. The van der Waals surface area contributed by atoms with Gasteiger partial charge < -0.3 is 10.6 Å². The Hall–Kier alpha value is -1.77. The molecular weight excluding hydrogens is 224 g/mol. The molecule has 0 bridgehead atoms. The number of carbonyl (C=O) groups is 1. The number of hydrogen-bond acceptors (Lipinski definition) is 1. The fourth-order valence-corrected chi connectivity index (χ4v) is 1.82. The highest BCUT2D eigenvalue weighted by Crippen LogP contribution is 2.29. The van der Waals surface area contributed by atoms with Crippen LogP contribution in [0.3, 0.4) is 0 Å². The van der Waals surface area contributed by atoms with E-state index in [-0.39, 0.29) is 6.03 Å². The van der Waals surface area contributed by atoms with Crippen molar-refractivity contribution in [3.05, 3.63) is 42.1 Å². The van der Waals surface area contributed by atoms with Gasteiger partial charge in [-0.15, -0.1) is 0 Å². The summed E-state index contributed by atoms with van der Waals surface area (Å²) >= 11 is 0. The van der Waals surface area contributed by atoms with Crippen molar-refractivity contribution in [3.63, 3.8) is 0 Å². The summed E-state index contributed by atoms with van der Waals surface area (Å²) in [5.41, 5.74) is 2.03. The van der Waals surface area contributed by atoms with E-state index in [1.807, 2.05) is 30.3 Å². The molecule has 3 nitrogen and oxygen atoms in total. The number of allylic oxidation sites excluding steroid dienone is 1. The molecule has 0 atom stereocenters. The van der Waals surface area contributed by atoms with Crippen molar-refractivity contribution in [3.8, 4) is 0 Å². The molecule has 1 aliphatic carbocycles. The maximum absolute atomic E-state index is 11.7. The van der Waals surface area contributed by atoms with Crippen molar-refractivity contribution >= 4 is 11.7 Å². The fourth-order valence-electron chi connectivity index (χ4n) is 1.82. The zero-order valence-electron chi connectivity index (χ0n) is 10.9. The Balaban J connectivity index is 1.93. The fraction of sp³-hybridized carbons (Fsp3) is 0.400. The first kappa shape index (κ1) is 12.7. The van der Waals surface area contributed by atoms with Crippen LogP contribution in [0.2, 0.25) is 0 Å². The number of benzene rings is 1. The Morgan fingerprint density at radius 2 is 2.06 bits per heavy atom. The van der Waals surface area contributed by atoms with Crippen molar-refractivity contribution in [2.45, 2.75) is 32.6 Å². The van der Waals surface area contributed by atoms with E-state index >= 15 is 0 Å². The zero-order chi connectivity index (χ0) is 13.0. The van der Waals surface area contributed by atoms with Crippen LogP contribution in [0.4, 0.5) is 10.5 Å². The zero-order valence-corrected chi connectivity index (χ0v) is 10.9. The van der Waals surface area contributed by atoms with Crippen LogP contribution in [0, 0.1) is 5.92 Å². The maximum atomic E-state index is 11.7. The first-order valence-corrected chi connectivity index (χ1v) is 6.50. The summed E-state index contributed by atoms with van der Waals surface area (Å²) in [4.78, 5) is 11.7. The summed E-state index contributed by atoms with van der Waals surface area (Å²) in [6, 6.07) is 7.72. The SMILES string of the molecule is CC(C)c1ccccc1NC(=O)N/C=C/C1CC1. The first-order chi connectivity index (χ1) is 8.66. The number of anilines is 1. The van der Waals surface area contributed by atoms with Crippen LogP contribution < -0.4 is 10.6 Å². The molecule has 0 heterocycles. The molecule has 96 valence electrons. The highest BCUT2D eigenvalue weighted by molar-refractivity contribution is 5.90. The molecule has 18 heavy (non-hydrogen) atoms. The molecule has 3 heteroatoms. The predicted molar refractivity (Wildman–Crippen MR) is 74.5 cm³/mol. The van der Waals surface area contributed by atoms with Crippen molar-refractivity contribution in [1.29, 1.82) is 0 Å². The van der Waals surface area contributed by atoms with Gasteiger partial charge in [0.25, 0.3) is 0 Å². The van der Waals surface area contributed by atoms with E-state index in [0.29, 0.717) is 11.8 Å². The molecule has 1 aromatic carbocycles. The van der Waals surface area contributed by atoms with E-state index in [9.17, 15) is 4.79 Å². The molecule has 1 fully saturated rings. The average Bonchev–Trinajstić information content (AvgIpc) is 3.13. The number of amides is 2. The number of hydrogen-bond donors (Lipinski definition) is 2. The predicted octanol–water partition coefficient (Wildman–Crippen LogP) is 3.86. The van der Waals surface area contributed by atoms with Gasteiger partial charge in [0.05, 0.1) is 0 Å². The summed E-state index contributed by atoms with van der Waals surface area (Å²) in [6.07, 6.45) is 6.28. The quantitative estimate of drug-likeness (QED) is 0.829. The largest absolute Gasteiger partial charge is 0.323 e. The number of rotatable bonds is 4. The maximum Gasteiger partial charge on any atom is 0.323 e. The summed E-state index contributed by atoms with van der Waals surface area (Å²) in [5, 5.41) is 5.62. The number of para-hydroxylation sites is 1. The van der Waals surface area contributed by atoms with E-state index in [0.717, 1.165) is 11.3 Å². The van der Waals surface area contributed by atoms with Gasteiger partial charge in [0, 0.05) is 11.9 Å². The molecule has 1 saturated carbocycles. The van der Waals surface area contributed by atoms with Crippen molar-refractivity contribution in [2.24, 2.45) is 5.92 Å². The Kier molecular flexibility index (Phi) is 4.03. The standard InChI is InChI=1S/C15H20N2O/c1-11(2)13-5-3-4-6-14(13)17-15(18)16-10-9-12-7-8-12/h3-6,9-12H,7-8H2,1-2H3,(H2,16,17,18)/b10-9+. The number of nitrogens with one attached hydrogen (secondary N) is 2. The third-order valence-corrected chi connectivity index (χ3v) is 3.04. The molecule has 1 aromatic rings. The highest BCUT2D eigenvalue weighted by Gasteiger charge is 2.17. The number of urea groups is 1. The summed E-state index contributed by atoms with van der Waals surface area (Å²) in [5.74, 6) is 1.07. The molecular formula is C15H20N2O. The molecule has 0 saturated heterocycles. The second-order valence-corrected chi connectivity index (χ2v) is 5.04. The summed E-state index contributed by atoms with van der Waals surface area (Å²) in [7, 11) is 0. The molecule has 0 aliphatic heterocycles. The Morgan fingerprint density at radius 3 is 2.72 bits per heavy atom. The molecule has 2 amide bonds. The average molecular weight is 244 g/mol. The second-order valence-electron chi connectivity index (χ2n) is 5.04. The van der Waals surface area contributed by atoms with E-state index in [1.165, 1.54) is 12.8 Å². The Labute approximate surface area is 108 Å². The van der Waals surface area contributed by atoms with Gasteiger partial charge in [0.1, 0.15) is 0 Å². The molecule has 2 rings (SSSR count). The van der Waals surface area contributed by atoms with Crippen LogP contribution in [0.15, 0.2) is 36.5 Å². The lowest BCUT2D eigenvalue weighted by atomic mass is 10.0. The van der Waals surface area contributed by atoms with Gasteiger partial charge in [-0.25, -0.2) is 4.79 Å². The lowest BCUT2D eigenvalue weighted by molar-refractivity contribution is 0.255. The van der Waals surface area contributed by atoms with Gasteiger partial charge in [-0.05, 0) is 36.3 Å². The number of carbonyl (C=O) groups excluding carboxylic acids is 1. The normalized spacial score (nSPS) is 15.1. The van der Waals surface area contributed by atoms with E-state index < -0.39 is 0 Å². The first-order valence-electron chi connectivity index (χ1n) is 6.50. The minimum Gasteiger partial charge on any atom is -0.315 e.